The molecular weight excluding hydrogens is 527 g/mol. The van der Waals surface area contributed by atoms with Crippen LogP contribution in [0.5, 0.6) is 0 Å². The minimum absolute atomic E-state index is 0.198. The third kappa shape index (κ3) is 4.92. The molecule has 0 spiro atoms. The molecule has 0 radical (unpaired) electrons. The second-order valence-electron chi connectivity index (χ2n) is 11.0. The topological polar surface area (TPSA) is 59.0 Å². The van der Waals surface area contributed by atoms with Crippen molar-refractivity contribution in [3.63, 3.8) is 0 Å². The highest BCUT2D eigenvalue weighted by atomic mass is 35.5. The number of hydrogen-bond donors (Lipinski definition) is 2. The molecule has 1 amide bonds. The minimum Gasteiger partial charge on any atom is -0.349 e. The van der Waals surface area contributed by atoms with Gasteiger partial charge in [0.1, 0.15) is 0 Å². The van der Waals surface area contributed by atoms with Crippen LogP contribution in [0.25, 0.3) is 16.9 Å². The van der Waals surface area contributed by atoms with Gasteiger partial charge in [0.2, 0.25) is 0 Å². The molecule has 7 rings (SSSR count). The molecule has 0 saturated heterocycles. The second kappa shape index (κ2) is 10.3. The molecule has 3 aromatic rings. The van der Waals surface area contributed by atoms with Gasteiger partial charge in [0, 0.05) is 40.3 Å². The lowest BCUT2D eigenvalue weighted by molar-refractivity contribution is -0.0133. The van der Waals surface area contributed by atoms with Crippen LogP contribution in [0.4, 0.5) is 0 Å². The Morgan fingerprint density at radius 1 is 0.946 bits per heavy atom. The van der Waals surface area contributed by atoms with E-state index in [0.717, 1.165) is 47.0 Å². The molecule has 194 valence electrons. The van der Waals surface area contributed by atoms with E-state index < -0.39 is 0 Å². The van der Waals surface area contributed by atoms with Crippen LogP contribution in [0.1, 0.15) is 48.2 Å². The summed E-state index contributed by atoms with van der Waals surface area (Å²) in [4.78, 5) is 13.3. The van der Waals surface area contributed by atoms with Crippen molar-refractivity contribution in [2.24, 2.45) is 23.7 Å². The Morgan fingerprint density at radius 3 is 2.32 bits per heavy atom. The predicted molar refractivity (Wildman–Crippen MR) is 150 cm³/mol. The van der Waals surface area contributed by atoms with E-state index in [1.165, 1.54) is 32.1 Å². The summed E-state index contributed by atoms with van der Waals surface area (Å²) in [7, 11) is 0. The molecule has 4 bridgehead atoms. The molecule has 4 aliphatic carbocycles. The maximum Gasteiger partial charge on any atom is 0.272 e. The van der Waals surface area contributed by atoms with E-state index in [9.17, 15) is 4.79 Å². The highest BCUT2D eigenvalue weighted by Crippen LogP contribution is 2.53. The second-order valence-corrected chi connectivity index (χ2v) is 12.3. The average molecular weight is 558 g/mol. The Hall–Kier alpha value is -2.05. The van der Waals surface area contributed by atoms with Crippen molar-refractivity contribution in [3.8, 4) is 16.9 Å². The maximum absolute atomic E-state index is 13.3. The lowest BCUT2D eigenvalue weighted by Crippen LogP contribution is -2.55. The van der Waals surface area contributed by atoms with Gasteiger partial charge in [0.15, 0.2) is 5.69 Å². The Morgan fingerprint density at radius 2 is 1.65 bits per heavy atom. The molecule has 0 aliphatic heterocycles. The van der Waals surface area contributed by atoms with Crippen molar-refractivity contribution >= 4 is 40.7 Å². The Bertz CT molecular complexity index is 1310. The largest absolute Gasteiger partial charge is 0.349 e. The zero-order chi connectivity index (χ0) is 25.7. The Balaban J connectivity index is 1.20. The lowest BCUT2D eigenvalue weighted by atomic mass is 9.54. The van der Waals surface area contributed by atoms with Gasteiger partial charge in [-0.1, -0.05) is 46.9 Å². The number of carbonyl (C=O) groups is 1. The number of hydrogen-bond acceptors (Lipinski definition) is 3. The van der Waals surface area contributed by atoms with E-state index in [4.69, 9.17) is 39.9 Å². The number of carbonyl (C=O) groups excluding carboxylic acids is 1. The zero-order valence-electron chi connectivity index (χ0n) is 20.8. The van der Waals surface area contributed by atoms with E-state index in [0.29, 0.717) is 39.0 Å². The zero-order valence-corrected chi connectivity index (χ0v) is 23.1. The maximum atomic E-state index is 13.3. The Kier molecular flexibility index (Phi) is 7.00. The first-order chi connectivity index (χ1) is 17.9. The van der Waals surface area contributed by atoms with Crippen molar-refractivity contribution in [2.75, 3.05) is 13.1 Å². The molecule has 2 N–H and O–H groups in total. The highest BCUT2D eigenvalue weighted by Gasteiger charge is 2.47. The first kappa shape index (κ1) is 25.2. The molecule has 37 heavy (non-hydrogen) atoms. The van der Waals surface area contributed by atoms with Crippen LogP contribution in [0.3, 0.4) is 0 Å². The molecule has 1 aromatic heterocycles. The van der Waals surface area contributed by atoms with E-state index in [1.807, 2.05) is 37.3 Å². The molecule has 0 unspecified atom stereocenters. The first-order valence-corrected chi connectivity index (χ1v) is 14.3. The van der Waals surface area contributed by atoms with Gasteiger partial charge in [-0.15, -0.1) is 0 Å². The third-order valence-corrected chi connectivity index (χ3v) is 9.36. The van der Waals surface area contributed by atoms with Gasteiger partial charge in [0.25, 0.3) is 5.91 Å². The van der Waals surface area contributed by atoms with Crippen molar-refractivity contribution in [1.29, 1.82) is 0 Å². The van der Waals surface area contributed by atoms with Crippen molar-refractivity contribution in [2.45, 2.75) is 45.1 Å². The number of nitrogens with one attached hydrogen (secondary N) is 2. The van der Waals surface area contributed by atoms with Crippen LogP contribution in [0, 0.1) is 30.6 Å². The SMILES string of the molecule is Cc1c(C(=O)NCCNC2[C@H]3C[C@@H]4C[C@@H](C[C@H]2C4)C3)nn(-c2ccc(Cl)cc2Cl)c1-c1cccc(Cl)c1. The van der Waals surface area contributed by atoms with Gasteiger partial charge in [-0.2, -0.15) is 5.10 Å². The molecule has 5 nitrogen and oxygen atoms in total. The van der Waals surface area contributed by atoms with Crippen LogP contribution in [-0.4, -0.2) is 34.8 Å². The van der Waals surface area contributed by atoms with Crippen LogP contribution >= 0.6 is 34.8 Å². The summed E-state index contributed by atoms with van der Waals surface area (Å²) in [5.41, 5.74) is 3.40. The molecule has 8 heteroatoms. The number of amides is 1. The smallest absolute Gasteiger partial charge is 0.272 e. The fraction of sp³-hybridized carbons (Fsp3) is 0.448. The van der Waals surface area contributed by atoms with Gasteiger partial charge >= 0.3 is 0 Å². The van der Waals surface area contributed by atoms with E-state index >= 15 is 0 Å². The number of halogens is 3. The van der Waals surface area contributed by atoms with E-state index in [2.05, 4.69) is 10.6 Å². The van der Waals surface area contributed by atoms with E-state index in [-0.39, 0.29) is 5.91 Å². The van der Waals surface area contributed by atoms with Crippen molar-refractivity contribution in [3.05, 3.63) is 68.8 Å². The molecule has 4 aliphatic rings. The monoisotopic (exact) mass is 556 g/mol. The summed E-state index contributed by atoms with van der Waals surface area (Å²) in [6.07, 6.45) is 6.99. The van der Waals surface area contributed by atoms with Crippen molar-refractivity contribution in [1.82, 2.24) is 20.4 Å². The normalized spacial score (nSPS) is 26.0. The van der Waals surface area contributed by atoms with Crippen LogP contribution in [-0.2, 0) is 0 Å². The first-order valence-electron chi connectivity index (χ1n) is 13.2. The van der Waals surface area contributed by atoms with Crippen molar-refractivity contribution < 1.29 is 4.79 Å². The predicted octanol–water partition coefficient (Wildman–Crippen LogP) is 6.95. The molecule has 4 fully saturated rings. The number of benzene rings is 2. The van der Waals surface area contributed by atoms with Gasteiger partial charge in [-0.25, -0.2) is 4.68 Å². The third-order valence-electron chi connectivity index (χ3n) is 8.59. The van der Waals surface area contributed by atoms with Crippen LogP contribution in [0.15, 0.2) is 42.5 Å². The molecule has 0 atom stereocenters. The van der Waals surface area contributed by atoms with Gasteiger partial charge < -0.3 is 10.6 Å². The summed E-state index contributed by atoms with van der Waals surface area (Å²) in [6.45, 7) is 3.23. The average Bonchev–Trinajstić information content (AvgIpc) is 3.19. The standard InChI is InChI=1S/C29H31Cl3N4O/c1-16-26(29(37)34-8-7-33-27-20-10-17-9-18(12-20)13-21(27)11-17)35-36(25-6-5-23(31)15-24(25)32)28(16)19-3-2-4-22(30)14-19/h2-6,14-15,17-18,20-21,27,33H,7-13H2,1H3,(H,34,37)/t17-,18+,20-,21+,27?. The summed E-state index contributed by atoms with van der Waals surface area (Å²) >= 11 is 19.0. The summed E-state index contributed by atoms with van der Waals surface area (Å²) < 4.78 is 1.71. The Labute approximate surface area is 232 Å². The summed E-state index contributed by atoms with van der Waals surface area (Å²) in [6, 6.07) is 13.4. The molecular formula is C29H31Cl3N4O. The number of nitrogens with zero attached hydrogens (tertiary/aromatic N) is 2. The fourth-order valence-electron chi connectivity index (χ4n) is 7.27. The van der Waals surface area contributed by atoms with Gasteiger partial charge in [-0.05, 0) is 93.0 Å². The summed E-state index contributed by atoms with van der Waals surface area (Å²) in [5, 5.41) is 13.2. The molecule has 2 aromatic carbocycles. The van der Waals surface area contributed by atoms with Gasteiger partial charge in [0.05, 0.1) is 16.4 Å². The van der Waals surface area contributed by atoms with Crippen LogP contribution < -0.4 is 10.6 Å². The van der Waals surface area contributed by atoms with Crippen LogP contribution in [0.2, 0.25) is 15.1 Å². The quantitative estimate of drug-likeness (QED) is 0.309. The molecule has 4 saturated carbocycles. The van der Waals surface area contributed by atoms with Gasteiger partial charge in [-0.3, -0.25) is 4.79 Å². The lowest BCUT2D eigenvalue weighted by Gasteiger charge is -2.54. The minimum atomic E-state index is -0.198. The molecule has 1 heterocycles. The number of aromatic nitrogens is 2. The number of rotatable bonds is 7. The summed E-state index contributed by atoms with van der Waals surface area (Å²) in [5.74, 6) is 3.35. The van der Waals surface area contributed by atoms with E-state index in [1.54, 1.807) is 16.8 Å². The highest BCUT2D eigenvalue weighted by molar-refractivity contribution is 6.35. The fourth-order valence-corrected chi connectivity index (χ4v) is 7.95.